The fourth-order valence-electron chi connectivity index (χ4n) is 4.08. The Hall–Kier alpha value is -0.610. The zero-order chi connectivity index (χ0) is 15.0. The highest BCUT2D eigenvalue weighted by Crippen LogP contribution is 2.35. The first-order chi connectivity index (χ1) is 10.1. The summed E-state index contributed by atoms with van der Waals surface area (Å²) in [7, 11) is 0. The Morgan fingerprint density at radius 1 is 1.29 bits per heavy atom. The minimum absolute atomic E-state index is 0.0697. The molecule has 3 nitrogen and oxygen atoms in total. The van der Waals surface area contributed by atoms with Gasteiger partial charge in [0.1, 0.15) is 0 Å². The predicted molar refractivity (Wildman–Crippen MR) is 88.6 cm³/mol. The van der Waals surface area contributed by atoms with Crippen LogP contribution in [-0.2, 0) is 0 Å². The molecule has 4 heteroatoms. The quantitative estimate of drug-likeness (QED) is 0.932. The Labute approximate surface area is 133 Å². The summed E-state index contributed by atoms with van der Waals surface area (Å²) in [5, 5.41) is 0.834. The third-order valence-corrected chi connectivity index (χ3v) is 5.41. The molecule has 116 valence electrons. The summed E-state index contributed by atoms with van der Waals surface area (Å²) in [5.74, 6) is 0. The molecule has 2 aliphatic heterocycles. The van der Waals surface area contributed by atoms with Crippen LogP contribution in [0.25, 0.3) is 0 Å². The first-order valence-corrected chi connectivity index (χ1v) is 8.45. The highest BCUT2D eigenvalue weighted by molar-refractivity contribution is 6.31. The standard InChI is InChI=1S/C17H26ClN3/c1-12-10-20-9-5-6-14(20)11-21(12)17(13(2)19)15-7-3-4-8-16(15)18/h3-4,7-8,12-14,17H,5-6,9-11,19H2,1-2H3. The zero-order valence-electron chi connectivity index (χ0n) is 13.0. The van der Waals surface area contributed by atoms with Gasteiger partial charge in [0.05, 0.1) is 6.04 Å². The molecule has 21 heavy (non-hydrogen) atoms. The summed E-state index contributed by atoms with van der Waals surface area (Å²) >= 11 is 6.45. The van der Waals surface area contributed by atoms with Gasteiger partial charge in [0.25, 0.3) is 0 Å². The van der Waals surface area contributed by atoms with Crippen molar-refractivity contribution in [3.05, 3.63) is 34.9 Å². The molecule has 0 radical (unpaired) electrons. The van der Waals surface area contributed by atoms with Crippen LogP contribution in [0, 0.1) is 0 Å². The van der Waals surface area contributed by atoms with Crippen molar-refractivity contribution in [2.45, 2.75) is 50.9 Å². The number of nitrogens with two attached hydrogens (primary N) is 1. The summed E-state index contributed by atoms with van der Waals surface area (Å²) in [4.78, 5) is 5.23. The maximum Gasteiger partial charge on any atom is 0.0515 e. The van der Waals surface area contributed by atoms with Crippen molar-refractivity contribution < 1.29 is 0 Å². The van der Waals surface area contributed by atoms with Crippen LogP contribution in [0.1, 0.15) is 38.3 Å². The van der Waals surface area contributed by atoms with Crippen LogP contribution in [0.2, 0.25) is 5.02 Å². The molecule has 0 amide bonds. The molecule has 2 saturated heterocycles. The second-order valence-corrected chi connectivity index (χ2v) is 7.07. The van der Waals surface area contributed by atoms with Gasteiger partial charge in [0, 0.05) is 36.2 Å². The summed E-state index contributed by atoms with van der Waals surface area (Å²) in [6.07, 6.45) is 2.65. The zero-order valence-corrected chi connectivity index (χ0v) is 13.8. The summed E-state index contributed by atoms with van der Waals surface area (Å²) in [5.41, 5.74) is 7.53. The van der Waals surface area contributed by atoms with Gasteiger partial charge < -0.3 is 5.73 Å². The second-order valence-electron chi connectivity index (χ2n) is 6.66. The molecule has 1 aromatic rings. The van der Waals surface area contributed by atoms with Crippen molar-refractivity contribution >= 4 is 11.6 Å². The van der Waals surface area contributed by atoms with Crippen molar-refractivity contribution in [2.75, 3.05) is 19.6 Å². The molecule has 0 aromatic heterocycles. The molecule has 0 spiro atoms. The number of benzene rings is 1. The molecule has 2 fully saturated rings. The number of rotatable bonds is 3. The van der Waals surface area contributed by atoms with Crippen molar-refractivity contribution in [2.24, 2.45) is 5.73 Å². The van der Waals surface area contributed by atoms with Crippen LogP contribution in [-0.4, -0.2) is 47.6 Å². The molecule has 2 N–H and O–H groups in total. The van der Waals surface area contributed by atoms with E-state index in [1.54, 1.807) is 0 Å². The average Bonchev–Trinajstić information content (AvgIpc) is 2.88. The highest BCUT2D eigenvalue weighted by atomic mass is 35.5. The normalized spacial score (nSPS) is 30.1. The predicted octanol–water partition coefficient (Wildman–Crippen LogP) is 2.90. The Bertz CT molecular complexity index is 491. The topological polar surface area (TPSA) is 32.5 Å². The molecule has 0 saturated carbocycles. The molecule has 3 rings (SSSR count). The van der Waals surface area contributed by atoms with Crippen LogP contribution >= 0.6 is 11.6 Å². The van der Waals surface area contributed by atoms with E-state index in [1.807, 2.05) is 12.1 Å². The van der Waals surface area contributed by atoms with Gasteiger partial charge in [-0.2, -0.15) is 0 Å². The molecule has 1 aromatic carbocycles. The van der Waals surface area contributed by atoms with Gasteiger partial charge in [-0.1, -0.05) is 29.8 Å². The van der Waals surface area contributed by atoms with E-state index in [9.17, 15) is 0 Å². The minimum Gasteiger partial charge on any atom is -0.326 e. The van der Waals surface area contributed by atoms with E-state index in [0.717, 1.165) is 18.1 Å². The van der Waals surface area contributed by atoms with Crippen molar-refractivity contribution in [1.82, 2.24) is 9.80 Å². The number of hydrogen-bond acceptors (Lipinski definition) is 3. The molecule has 2 heterocycles. The lowest BCUT2D eigenvalue weighted by Crippen LogP contribution is -2.58. The Morgan fingerprint density at radius 2 is 2.05 bits per heavy atom. The van der Waals surface area contributed by atoms with Crippen LogP contribution < -0.4 is 5.73 Å². The van der Waals surface area contributed by atoms with Crippen LogP contribution in [0.4, 0.5) is 0 Å². The number of hydrogen-bond donors (Lipinski definition) is 1. The van der Waals surface area contributed by atoms with E-state index in [1.165, 1.54) is 24.9 Å². The van der Waals surface area contributed by atoms with E-state index in [2.05, 4.69) is 35.8 Å². The smallest absolute Gasteiger partial charge is 0.0515 e. The SMILES string of the molecule is CC(N)C(c1ccccc1Cl)N1CC2CCCN2CC1C. The maximum atomic E-state index is 6.45. The number of fused-ring (bicyclic) bond motifs is 1. The van der Waals surface area contributed by atoms with E-state index < -0.39 is 0 Å². The fourth-order valence-corrected chi connectivity index (χ4v) is 4.32. The lowest BCUT2D eigenvalue weighted by molar-refractivity contribution is 0.0206. The highest BCUT2D eigenvalue weighted by Gasteiger charge is 2.39. The van der Waals surface area contributed by atoms with Crippen molar-refractivity contribution in [1.29, 1.82) is 0 Å². The number of halogens is 1. The molecule has 4 atom stereocenters. The summed E-state index contributed by atoms with van der Waals surface area (Å²) < 4.78 is 0. The van der Waals surface area contributed by atoms with Gasteiger partial charge in [-0.05, 0) is 44.9 Å². The molecule has 2 aliphatic rings. The van der Waals surface area contributed by atoms with Crippen LogP contribution in [0.15, 0.2) is 24.3 Å². The molecule has 0 bridgehead atoms. The summed E-state index contributed by atoms with van der Waals surface area (Å²) in [6.45, 7) is 7.94. The third-order valence-electron chi connectivity index (χ3n) is 5.06. The van der Waals surface area contributed by atoms with E-state index in [0.29, 0.717) is 12.1 Å². The molecule has 4 unspecified atom stereocenters. The molecular weight excluding hydrogens is 282 g/mol. The van der Waals surface area contributed by atoms with Crippen molar-refractivity contribution in [3.63, 3.8) is 0 Å². The average molecular weight is 308 g/mol. The first kappa shape index (κ1) is 15.3. The van der Waals surface area contributed by atoms with E-state index >= 15 is 0 Å². The summed E-state index contributed by atoms with van der Waals surface area (Å²) in [6, 6.07) is 9.65. The van der Waals surface area contributed by atoms with Gasteiger partial charge in [0.15, 0.2) is 0 Å². The van der Waals surface area contributed by atoms with Gasteiger partial charge >= 0.3 is 0 Å². The Balaban J connectivity index is 1.88. The first-order valence-electron chi connectivity index (χ1n) is 8.07. The second kappa shape index (κ2) is 6.25. The molecule has 0 aliphatic carbocycles. The van der Waals surface area contributed by atoms with Gasteiger partial charge in [-0.25, -0.2) is 0 Å². The van der Waals surface area contributed by atoms with Crippen LogP contribution in [0.5, 0.6) is 0 Å². The minimum atomic E-state index is 0.0697. The van der Waals surface area contributed by atoms with Gasteiger partial charge in [0.2, 0.25) is 0 Å². The van der Waals surface area contributed by atoms with E-state index in [-0.39, 0.29) is 12.1 Å². The third kappa shape index (κ3) is 2.98. The van der Waals surface area contributed by atoms with Crippen LogP contribution in [0.3, 0.4) is 0 Å². The fraction of sp³-hybridized carbons (Fsp3) is 0.647. The van der Waals surface area contributed by atoms with Gasteiger partial charge in [-0.3, -0.25) is 9.80 Å². The molecular formula is C17H26ClN3. The number of nitrogens with zero attached hydrogens (tertiary/aromatic N) is 2. The largest absolute Gasteiger partial charge is 0.326 e. The number of piperazine rings is 1. The van der Waals surface area contributed by atoms with E-state index in [4.69, 9.17) is 17.3 Å². The Morgan fingerprint density at radius 3 is 2.76 bits per heavy atom. The monoisotopic (exact) mass is 307 g/mol. The van der Waals surface area contributed by atoms with Gasteiger partial charge in [-0.15, -0.1) is 0 Å². The lowest BCUT2D eigenvalue weighted by atomic mass is 9.95. The maximum absolute atomic E-state index is 6.45. The lowest BCUT2D eigenvalue weighted by Gasteiger charge is -2.47. The Kier molecular flexibility index (Phi) is 4.55. The van der Waals surface area contributed by atoms with Crippen molar-refractivity contribution in [3.8, 4) is 0 Å².